The average Bonchev–Trinajstić information content (AvgIpc) is 2.80. The summed E-state index contributed by atoms with van der Waals surface area (Å²) in [5.74, 6) is 0.675. The zero-order valence-electron chi connectivity index (χ0n) is 12.0. The summed E-state index contributed by atoms with van der Waals surface area (Å²) >= 11 is 0. The van der Waals surface area contributed by atoms with Crippen molar-refractivity contribution in [1.82, 2.24) is 20.2 Å². The first-order chi connectivity index (χ1) is 8.80. The number of aromatic amines is 1. The minimum Gasteiger partial charge on any atom is -0.355 e. The van der Waals surface area contributed by atoms with Gasteiger partial charge in [-0.1, -0.05) is 20.8 Å². The molecule has 2 amide bonds. The topological polar surface area (TPSA) is 78.1 Å². The van der Waals surface area contributed by atoms with E-state index in [9.17, 15) is 9.59 Å². The van der Waals surface area contributed by atoms with Crippen molar-refractivity contribution in [2.75, 3.05) is 13.6 Å². The molecule has 106 valence electrons. The van der Waals surface area contributed by atoms with E-state index in [0.29, 0.717) is 19.5 Å². The van der Waals surface area contributed by atoms with E-state index in [4.69, 9.17) is 0 Å². The van der Waals surface area contributed by atoms with E-state index in [2.05, 4.69) is 15.3 Å². The van der Waals surface area contributed by atoms with Gasteiger partial charge in [0, 0.05) is 37.8 Å². The first kappa shape index (κ1) is 15.2. The fourth-order valence-corrected chi connectivity index (χ4v) is 1.44. The first-order valence-electron chi connectivity index (χ1n) is 6.31. The van der Waals surface area contributed by atoms with Gasteiger partial charge in [-0.15, -0.1) is 0 Å². The molecular formula is C13H22N4O2. The third-order valence-electron chi connectivity index (χ3n) is 2.67. The zero-order valence-corrected chi connectivity index (χ0v) is 12.0. The minimum absolute atomic E-state index is 0.0226. The second-order valence-electron chi connectivity index (χ2n) is 5.54. The molecule has 0 aliphatic heterocycles. The van der Waals surface area contributed by atoms with E-state index in [1.54, 1.807) is 24.3 Å². The van der Waals surface area contributed by atoms with Gasteiger partial charge < -0.3 is 15.2 Å². The summed E-state index contributed by atoms with van der Waals surface area (Å²) in [6.45, 7) is 6.32. The van der Waals surface area contributed by atoms with Gasteiger partial charge in [-0.25, -0.2) is 4.98 Å². The van der Waals surface area contributed by atoms with Crippen molar-refractivity contribution in [2.24, 2.45) is 5.41 Å². The van der Waals surface area contributed by atoms with Gasteiger partial charge >= 0.3 is 0 Å². The zero-order chi connectivity index (χ0) is 14.5. The monoisotopic (exact) mass is 266 g/mol. The Morgan fingerprint density at radius 2 is 2.11 bits per heavy atom. The molecule has 6 heteroatoms. The number of nitrogens with zero attached hydrogens (tertiary/aromatic N) is 2. The van der Waals surface area contributed by atoms with Crippen LogP contribution in [0.15, 0.2) is 12.4 Å². The van der Waals surface area contributed by atoms with Crippen LogP contribution in [0, 0.1) is 5.41 Å². The van der Waals surface area contributed by atoms with Gasteiger partial charge in [0.05, 0.1) is 6.54 Å². The predicted molar refractivity (Wildman–Crippen MR) is 72.1 cm³/mol. The SMILES string of the molecule is CN(Cc1ncc[nH]1)C(=O)CCNC(=O)C(C)(C)C. The Morgan fingerprint density at radius 3 is 2.63 bits per heavy atom. The lowest BCUT2D eigenvalue weighted by atomic mass is 9.96. The van der Waals surface area contributed by atoms with Crippen LogP contribution in [0.1, 0.15) is 33.0 Å². The molecule has 0 aliphatic carbocycles. The highest BCUT2D eigenvalue weighted by Crippen LogP contribution is 2.12. The fourth-order valence-electron chi connectivity index (χ4n) is 1.44. The van der Waals surface area contributed by atoms with Crippen molar-refractivity contribution in [2.45, 2.75) is 33.7 Å². The van der Waals surface area contributed by atoms with Crippen LogP contribution in [0.3, 0.4) is 0 Å². The predicted octanol–water partition coefficient (Wildman–Crippen LogP) is 0.920. The van der Waals surface area contributed by atoms with Crippen LogP contribution in [0.25, 0.3) is 0 Å². The highest BCUT2D eigenvalue weighted by atomic mass is 16.2. The summed E-state index contributed by atoms with van der Waals surface area (Å²) < 4.78 is 0. The number of carbonyl (C=O) groups excluding carboxylic acids is 2. The molecule has 0 aromatic carbocycles. The molecule has 6 nitrogen and oxygen atoms in total. The molecule has 0 radical (unpaired) electrons. The van der Waals surface area contributed by atoms with Crippen LogP contribution >= 0.6 is 0 Å². The molecule has 0 unspecified atom stereocenters. The van der Waals surface area contributed by atoms with Crippen LogP contribution in [-0.2, 0) is 16.1 Å². The summed E-state index contributed by atoms with van der Waals surface area (Å²) in [4.78, 5) is 32.0. The Morgan fingerprint density at radius 1 is 1.42 bits per heavy atom. The van der Waals surface area contributed by atoms with Crippen LogP contribution < -0.4 is 5.32 Å². The number of hydrogen-bond donors (Lipinski definition) is 2. The Bertz CT molecular complexity index is 420. The molecule has 0 aliphatic rings. The smallest absolute Gasteiger partial charge is 0.225 e. The molecule has 0 atom stereocenters. The Balaban J connectivity index is 2.29. The number of H-pyrrole nitrogens is 1. The number of carbonyl (C=O) groups is 2. The minimum atomic E-state index is -0.427. The summed E-state index contributed by atoms with van der Waals surface area (Å²) in [5.41, 5.74) is -0.427. The van der Waals surface area contributed by atoms with Gasteiger partial charge in [0.1, 0.15) is 5.82 Å². The van der Waals surface area contributed by atoms with Gasteiger partial charge in [0.15, 0.2) is 0 Å². The van der Waals surface area contributed by atoms with E-state index in [1.807, 2.05) is 20.8 Å². The maximum Gasteiger partial charge on any atom is 0.225 e. The van der Waals surface area contributed by atoms with Crippen LogP contribution in [-0.4, -0.2) is 40.3 Å². The summed E-state index contributed by atoms with van der Waals surface area (Å²) in [7, 11) is 1.72. The second kappa shape index (κ2) is 6.36. The molecule has 1 rings (SSSR count). The largest absolute Gasteiger partial charge is 0.355 e. The maximum atomic E-state index is 11.8. The Labute approximate surface area is 113 Å². The van der Waals surface area contributed by atoms with Crippen LogP contribution in [0.5, 0.6) is 0 Å². The average molecular weight is 266 g/mol. The summed E-state index contributed by atoms with van der Waals surface area (Å²) in [6, 6.07) is 0. The van der Waals surface area contributed by atoms with Gasteiger partial charge in [-0.3, -0.25) is 9.59 Å². The highest BCUT2D eigenvalue weighted by molar-refractivity contribution is 5.82. The van der Waals surface area contributed by atoms with Crippen molar-refractivity contribution >= 4 is 11.8 Å². The molecule has 0 bridgehead atoms. The first-order valence-corrected chi connectivity index (χ1v) is 6.31. The van der Waals surface area contributed by atoms with Crippen molar-refractivity contribution in [3.63, 3.8) is 0 Å². The van der Waals surface area contributed by atoms with Gasteiger partial charge in [-0.2, -0.15) is 0 Å². The third-order valence-corrected chi connectivity index (χ3v) is 2.67. The van der Waals surface area contributed by atoms with Gasteiger partial charge in [0.25, 0.3) is 0 Å². The van der Waals surface area contributed by atoms with E-state index in [-0.39, 0.29) is 11.8 Å². The van der Waals surface area contributed by atoms with E-state index >= 15 is 0 Å². The van der Waals surface area contributed by atoms with Gasteiger partial charge in [-0.05, 0) is 0 Å². The number of amides is 2. The quantitative estimate of drug-likeness (QED) is 0.832. The summed E-state index contributed by atoms with van der Waals surface area (Å²) in [5, 5.41) is 2.76. The molecule has 2 N–H and O–H groups in total. The van der Waals surface area contributed by atoms with Crippen LogP contribution in [0.4, 0.5) is 0 Å². The standard InChI is InChI=1S/C13H22N4O2/c1-13(2,3)12(19)16-6-5-11(18)17(4)9-10-14-7-8-15-10/h7-8H,5-6,9H2,1-4H3,(H,14,15)(H,16,19). The Kier molecular flexibility index (Phi) is 5.09. The lowest BCUT2D eigenvalue weighted by molar-refractivity contribution is -0.131. The maximum absolute atomic E-state index is 11.8. The number of aromatic nitrogens is 2. The fraction of sp³-hybridized carbons (Fsp3) is 0.615. The van der Waals surface area contributed by atoms with Crippen molar-refractivity contribution < 1.29 is 9.59 Å². The normalized spacial score (nSPS) is 11.2. The number of imidazole rings is 1. The molecule has 1 heterocycles. The molecule has 0 spiro atoms. The molecule has 0 saturated heterocycles. The van der Waals surface area contributed by atoms with E-state index in [0.717, 1.165) is 5.82 Å². The summed E-state index contributed by atoms with van der Waals surface area (Å²) in [6.07, 6.45) is 3.66. The van der Waals surface area contributed by atoms with Crippen molar-refractivity contribution in [1.29, 1.82) is 0 Å². The molecule has 19 heavy (non-hydrogen) atoms. The molecule has 0 saturated carbocycles. The molecular weight excluding hydrogens is 244 g/mol. The van der Waals surface area contributed by atoms with Crippen molar-refractivity contribution in [3.05, 3.63) is 18.2 Å². The number of hydrogen-bond acceptors (Lipinski definition) is 3. The lowest BCUT2D eigenvalue weighted by Crippen LogP contribution is -2.37. The number of nitrogens with one attached hydrogen (secondary N) is 2. The lowest BCUT2D eigenvalue weighted by Gasteiger charge is -2.19. The molecule has 0 fully saturated rings. The van der Waals surface area contributed by atoms with Gasteiger partial charge in [0.2, 0.25) is 11.8 Å². The van der Waals surface area contributed by atoms with E-state index in [1.165, 1.54) is 0 Å². The molecule has 1 aromatic heterocycles. The third kappa shape index (κ3) is 5.11. The van der Waals surface area contributed by atoms with E-state index < -0.39 is 5.41 Å². The number of rotatable bonds is 5. The highest BCUT2D eigenvalue weighted by Gasteiger charge is 2.21. The Hall–Kier alpha value is -1.85. The van der Waals surface area contributed by atoms with Crippen molar-refractivity contribution in [3.8, 4) is 0 Å². The molecule has 1 aromatic rings. The van der Waals surface area contributed by atoms with Crippen LogP contribution in [0.2, 0.25) is 0 Å². The second-order valence-corrected chi connectivity index (χ2v) is 5.54.